The Morgan fingerprint density at radius 1 is 0.242 bits per heavy atom. The molecule has 0 unspecified atom stereocenters. The van der Waals surface area contributed by atoms with Crippen LogP contribution < -0.4 is 4.90 Å². The van der Waals surface area contributed by atoms with Crippen LogP contribution in [-0.2, 0) is 0 Å². The SMILES string of the molecule is c1ccc(-c2ccccc2-c2ccccc2-c2ccc(N(c3ccc(-c4ccc5c(ccc6ccccc65)c4)cc3)c3ccc(-c4ccccc4-c4cc5ccccc5o4)cc3)cc2)cc1. The van der Waals surface area contributed by atoms with Gasteiger partial charge in [0.25, 0.3) is 0 Å². The molecule has 0 saturated heterocycles. The fourth-order valence-electron chi connectivity index (χ4n) is 9.64. The smallest absolute Gasteiger partial charge is 0.136 e. The van der Waals surface area contributed by atoms with E-state index in [-0.39, 0.29) is 0 Å². The molecule has 11 aromatic carbocycles. The van der Waals surface area contributed by atoms with Gasteiger partial charge in [-0.15, -0.1) is 0 Å². The molecule has 2 heteroatoms. The summed E-state index contributed by atoms with van der Waals surface area (Å²) in [6.07, 6.45) is 0. The first kappa shape index (κ1) is 38.9. The Kier molecular flexibility index (Phi) is 9.89. The third kappa shape index (κ3) is 7.21. The van der Waals surface area contributed by atoms with Gasteiger partial charge in [-0.05, 0) is 132 Å². The first-order valence-corrected chi connectivity index (χ1v) is 22.6. The summed E-state index contributed by atoms with van der Waals surface area (Å²) in [7, 11) is 0. The van der Waals surface area contributed by atoms with Crippen molar-refractivity contribution in [3.8, 4) is 67.0 Å². The molecule has 0 radical (unpaired) electrons. The molecular weight excluding hydrogens is 799 g/mol. The standard InChI is InChI=1S/C64H43NO/c1-2-14-45(15-3-1)56-19-7-10-22-60(56)61-23-11-8-20-57(61)47-30-37-53(38-31-47)65(52-35-28-44(29-36-52)49-34-41-59-50(42-49)27-26-46-16-4-6-18-55(46)59)54-39-32-48(33-40-54)58-21-9-12-24-62(58)64-43-51-17-5-13-25-63(51)66-64/h1-43H. The normalized spacial score (nSPS) is 11.3. The van der Waals surface area contributed by atoms with Crippen LogP contribution in [-0.4, -0.2) is 0 Å². The fraction of sp³-hybridized carbons (Fsp3) is 0. The number of para-hydroxylation sites is 1. The molecule has 1 aromatic heterocycles. The third-order valence-electron chi connectivity index (χ3n) is 12.9. The van der Waals surface area contributed by atoms with E-state index < -0.39 is 0 Å². The molecule has 0 saturated carbocycles. The summed E-state index contributed by atoms with van der Waals surface area (Å²) in [5, 5.41) is 6.15. The second-order valence-electron chi connectivity index (χ2n) is 16.8. The Bertz CT molecular complexity index is 3640. The molecule has 12 rings (SSSR count). The summed E-state index contributed by atoms with van der Waals surface area (Å²) in [4.78, 5) is 2.35. The monoisotopic (exact) mass is 841 g/mol. The van der Waals surface area contributed by atoms with E-state index in [1.54, 1.807) is 0 Å². The van der Waals surface area contributed by atoms with Crippen molar-refractivity contribution in [2.24, 2.45) is 0 Å². The average Bonchev–Trinajstić information content (AvgIpc) is 3.84. The van der Waals surface area contributed by atoms with E-state index in [0.717, 1.165) is 56.0 Å². The third-order valence-corrected chi connectivity index (χ3v) is 12.9. The highest BCUT2D eigenvalue weighted by Crippen LogP contribution is 2.42. The van der Waals surface area contributed by atoms with Gasteiger partial charge in [-0.2, -0.15) is 0 Å². The molecule has 2 nitrogen and oxygen atoms in total. The van der Waals surface area contributed by atoms with E-state index in [2.05, 4.69) is 254 Å². The van der Waals surface area contributed by atoms with Crippen LogP contribution in [0.1, 0.15) is 0 Å². The van der Waals surface area contributed by atoms with E-state index in [0.29, 0.717) is 0 Å². The highest BCUT2D eigenvalue weighted by atomic mass is 16.3. The lowest BCUT2D eigenvalue weighted by Crippen LogP contribution is -2.09. The number of fused-ring (bicyclic) bond motifs is 4. The molecule has 310 valence electrons. The Labute approximate surface area is 384 Å². The van der Waals surface area contributed by atoms with Gasteiger partial charge in [0, 0.05) is 28.0 Å². The maximum atomic E-state index is 6.37. The summed E-state index contributed by atoms with van der Waals surface area (Å²) < 4.78 is 6.37. The summed E-state index contributed by atoms with van der Waals surface area (Å²) >= 11 is 0. The molecule has 12 aromatic rings. The van der Waals surface area contributed by atoms with Crippen LogP contribution in [0.25, 0.3) is 99.5 Å². The van der Waals surface area contributed by atoms with Gasteiger partial charge < -0.3 is 9.32 Å². The highest BCUT2D eigenvalue weighted by Gasteiger charge is 2.18. The molecule has 0 aliphatic rings. The molecule has 66 heavy (non-hydrogen) atoms. The summed E-state index contributed by atoms with van der Waals surface area (Å²) in [6, 6.07) is 93.8. The van der Waals surface area contributed by atoms with E-state index in [4.69, 9.17) is 4.42 Å². The molecule has 0 fully saturated rings. The first-order valence-electron chi connectivity index (χ1n) is 22.6. The van der Waals surface area contributed by atoms with Crippen LogP contribution in [0.4, 0.5) is 17.1 Å². The van der Waals surface area contributed by atoms with Crippen LogP contribution in [0.3, 0.4) is 0 Å². The number of hydrogen-bond acceptors (Lipinski definition) is 2. The number of furan rings is 1. The molecule has 0 aliphatic heterocycles. The zero-order valence-electron chi connectivity index (χ0n) is 36.2. The van der Waals surface area contributed by atoms with Gasteiger partial charge in [-0.1, -0.05) is 206 Å². The van der Waals surface area contributed by atoms with Crippen molar-refractivity contribution in [1.82, 2.24) is 0 Å². The molecular formula is C64H43NO. The number of rotatable bonds is 9. The Hall–Kier alpha value is -8.72. The first-order chi connectivity index (χ1) is 32.7. The van der Waals surface area contributed by atoms with Crippen LogP contribution in [0.5, 0.6) is 0 Å². The highest BCUT2D eigenvalue weighted by molar-refractivity contribution is 6.08. The minimum absolute atomic E-state index is 0.863. The predicted molar refractivity (Wildman–Crippen MR) is 279 cm³/mol. The summed E-state index contributed by atoms with van der Waals surface area (Å²) in [5.74, 6) is 0.863. The molecule has 0 N–H and O–H groups in total. The molecule has 0 amide bonds. The Balaban J connectivity index is 0.924. The lowest BCUT2D eigenvalue weighted by Gasteiger charge is -2.26. The van der Waals surface area contributed by atoms with E-state index in [1.165, 1.54) is 60.5 Å². The van der Waals surface area contributed by atoms with Crippen molar-refractivity contribution in [2.75, 3.05) is 4.90 Å². The zero-order valence-corrected chi connectivity index (χ0v) is 36.2. The van der Waals surface area contributed by atoms with Gasteiger partial charge in [-0.25, -0.2) is 0 Å². The van der Waals surface area contributed by atoms with Crippen molar-refractivity contribution in [3.05, 3.63) is 261 Å². The van der Waals surface area contributed by atoms with Gasteiger partial charge in [0.05, 0.1) is 0 Å². The van der Waals surface area contributed by atoms with E-state index in [9.17, 15) is 0 Å². The predicted octanol–water partition coefficient (Wildman–Crippen LogP) is 18.2. The maximum Gasteiger partial charge on any atom is 0.136 e. The minimum atomic E-state index is 0.863. The molecule has 0 atom stereocenters. The van der Waals surface area contributed by atoms with E-state index >= 15 is 0 Å². The molecule has 0 bridgehead atoms. The Morgan fingerprint density at radius 3 is 1.27 bits per heavy atom. The van der Waals surface area contributed by atoms with Crippen molar-refractivity contribution in [1.29, 1.82) is 0 Å². The van der Waals surface area contributed by atoms with Crippen LogP contribution in [0.15, 0.2) is 265 Å². The fourth-order valence-corrected chi connectivity index (χ4v) is 9.64. The lowest BCUT2D eigenvalue weighted by atomic mass is 9.89. The number of hydrogen-bond donors (Lipinski definition) is 0. The van der Waals surface area contributed by atoms with Gasteiger partial charge in [0.2, 0.25) is 0 Å². The molecule has 0 spiro atoms. The molecule has 1 heterocycles. The number of nitrogens with zero attached hydrogens (tertiary/aromatic N) is 1. The second kappa shape index (κ2) is 16.8. The topological polar surface area (TPSA) is 16.4 Å². The number of anilines is 3. The van der Waals surface area contributed by atoms with Crippen LogP contribution in [0, 0.1) is 0 Å². The van der Waals surface area contributed by atoms with Gasteiger partial charge in [0.1, 0.15) is 11.3 Å². The number of benzene rings is 11. The Morgan fingerprint density at radius 2 is 0.667 bits per heavy atom. The van der Waals surface area contributed by atoms with Crippen LogP contribution >= 0.6 is 0 Å². The molecule has 0 aliphatic carbocycles. The summed E-state index contributed by atoms with van der Waals surface area (Å²) in [5.41, 5.74) is 17.0. The van der Waals surface area contributed by atoms with Gasteiger partial charge >= 0.3 is 0 Å². The van der Waals surface area contributed by atoms with Crippen LogP contribution in [0.2, 0.25) is 0 Å². The second-order valence-corrected chi connectivity index (χ2v) is 16.8. The van der Waals surface area contributed by atoms with Crippen molar-refractivity contribution in [3.63, 3.8) is 0 Å². The van der Waals surface area contributed by atoms with Gasteiger partial charge in [-0.3, -0.25) is 0 Å². The van der Waals surface area contributed by atoms with Gasteiger partial charge in [0.15, 0.2) is 0 Å². The minimum Gasteiger partial charge on any atom is -0.456 e. The largest absolute Gasteiger partial charge is 0.456 e. The lowest BCUT2D eigenvalue weighted by molar-refractivity contribution is 0.632. The zero-order chi connectivity index (χ0) is 43.8. The summed E-state index contributed by atoms with van der Waals surface area (Å²) in [6.45, 7) is 0. The van der Waals surface area contributed by atoms with Crippen molar-refractivity contribution < 1.29 is 4.42 Å². The maximum absolute atomic E-state index is 6.37. The van der Waals surface area contributed by atoms with E-state index in [1.807, 2.05) is 12.1 Å². The van der Waals surface area contributed by atoms with Crippen molar-refractivity contribution in [2.45, 2.75) is 0 Å². The quantitative estimate of drug-likeness (QED) is 0.135. The van der Waals surface area contributed by atoms with Crippen molar-refractivity contribution >= 4 is 49.6 Å². The average molecular weight is 842 g/mol.